The van der Waals surface area contributed by atoms with E-state index in [1.54, 1.807) is 35.4 Å². The van der Waals surface area contributed by atoms with E-state index in [0.717, 1.165) is 10.7 Å². The zero-order valence-corrected chi connectivity index (χ0v) is 11.6. The molecule has 0 fully saturated rings. The van der Waals surface area contributed by atoms with Crippen LogP contribution >= 0.6 is 22.9 Å². The molecule has 18 heavy (non-hydrogen) atoms. The summed E-state index contributed by atoms with van der Waals surface area (Å²) >= 11 is 7.34. The average molecular weight is 282 g/mol. The molecule has 0 saturated heterocycles. The molecule has 0 bridgehead atoms. The first-order valence-corrected chi connectivity index (χ1v) is 6.60. The minimum absolute atomic E-state index is 0.0926. The van der Waals surface area contributed by atoms with Crippen molar-refractivity contribution < 1.29 is 4.79 Å². The summed E-state index contributed by atoms with van der Waals surface area (Å²) < 4.78 is 0. The number of nitrogens with zero attached hydrogens (tertiary/aromatic N) is 3. The number of aryl methyl sites for hydroxylation is 1. The molecule has 0 saturated carbocycles. The van der Waals surface area contributed by atoms with Crippen LogP contribution in [0.15, 0.2) is 23.7 Å². The molecule has 2 heterocycles. The number of pyridine rings is 1. The van der Waals surface area contributed by atoms with Crippen molar-refractivity contribution in [3.8, 4) is 0 Å². The molecule has 2 aromatic rings. The normalized spacial score (nSPS) is 10.4. The van der Waals surface area contributed by atoms with Gasteiger partial charge in [-0.25, -0.2) is 9.97 Å². The third-order valence-electron chi connectivity index (χ3n) is 2.39. The Morgan fingerprint density at radius 2 is 2.33 bits per heavy atom. The zero-order chi connectivity index (χ0) is 13.1. The number of thiazole rings is 1. The lowest BCUT2D eigenvalue weighted by atomic mass is 10.2. The van der Waals surface area contributed by atoms with E-state index in [4.69, 9.17) is 11.6 Å². The van der Waals surface area contributed by atoms with E-state index in [-0.39, 0.29) is 5.91 Å². The first-order chi connectivity index (χ1) is 8.56. The van der Waals surface area contributed by atoms with Gasteiger partial charge in [0.1, 0.15) is 5.15 Å². The molecule has 0 aliphatic rings. The van der Waals surface area contributed by atoms with Crippen LogP contribution in [0.1, 0.15) is 21.1 Å². The van der Waals surface area contributed by atoms with Crippen LogP contribution in [0.4, 0.5) is 0 Å². The summed E-state index contributed by atoms with van der Waals surface area (Å²) in [5.41, 5.74) is 1.43. The summed E-state index contributed by atoms with van der Waals surface area (Å²) in [7, 11) is 1.74. The molecule has 1 amide bonds. The quantitative estimate of drug-likeness (QED) is 0.813. The topological polar surface area (TPSA) is 46.1 Å². The van der Waals surface area contributed by atoms with Crippen molar-refractivity contribution >= 4 is 28.8 Å². The number of amides is 1. The Kier molecular flexibility index (Phi) is 3.93. The van der Waals surface area contributed by atoms with E-state index in [1.165, 1.54) is 6.20 Å². The maximum Gasteiger partial charge on any atom is 0.254 e. The van der Waals surface area contributed by atoms with Crippen molar-refractivity contribution in [2.24, 2.45) is 0 Å². The van der Waals surface area contributed by atoms with Gasteiger partial charge >= 0.3 is 0 Å². The second-order valence-corrected chi connectivity index (χ2v) is 5.34. The van der Waals surface area contributed by atoms with Gasteiger partial charge in [-0.05, 0) is 19.1 Å². The Morgan fingerprint density at radius 1 is 1.56 bits per heavy atom. The Balaban J connectivity index is 2.09. The number of carbonyl (C=O) groups excluding carboxylic acids is 1. The molecule has 0 aliphatic heterocycles. The van der Waals surface area contributed by atoms with Crippen molar-refractivity contribution in [2.45, 2.75) is 13.5 Å². The van der Waals surface area contributed by atoms with Gasteiger partial charge in [0.2, 0.25) is 0 Å². The Bertz CT molecular complexity index is 570. The molecule has 6 heteroatoms. The van der Waals surface area contributed by atoms with Crippen LogP contribution in [0.2, 0.25) is 5.15 Å². The standard InChI is InChI=1S/C12H12ClN3OS/c1-8-15-10(7-18-8)6-16(2)12(17)9-3-4-14-11(13)5-9/h3-5,7H,6H2,1-2H3. The summed E-state index contributed by atoms with van der Waals surface area (Å²) in [6.45, 7) is 2.43. The first kappa shape index (κ1) is 13.0. The maximum absolute atomic E-state index is 12.1. The van der Waals surface area contributed by atoms with Crippen molar-refractivity contribution in [1.29, 1.82) is 0 Å². The molecule has 2 rings (SSSR count). The van der Waals surface area contributed by atoms with Crippen molar-refractivity contribution in [3.63, 3.8) is 0 Å². The minimum atomic E-state index is -0.0926. The molecule has 0 atom stereocenters. The van der Waals surface area contributed by atoms with Crippen LogP contribution < -0.4 is 0 Å². The van der Waals surface area contributed by atoms with E-state index >= 15 is 0 Å². The minimum Gasteiger partial charge on any atom is -0.336 e. The molecule has 2 aromatic heterocycles. The first-order valence-electron chi connectivity index (χ1n) is 5.34. The fourth-order valence-electron chi connectivity index (χ4n) is 1.55. The highest BCUT2D eigenvalue weighted by molar-refractivity contribution is 7.09. The molecular formula is C12H12ClN3OS. The number of rotatable bonds is 3. The van der Waals surface area contributed by atoms with Crippen LogP contribution in [-0.4, -0.2) is 27.8 Å². The molecule has 0 aromatic carbocycles. The number of carbonyl (C=O) groups is 1. The van der Waals surface area contributed by atoms with Crippen LogP contribution in [0.3, 0.4) is 0 Å². The highest BCUT2D eigenvalue weighted by atomic mass is 35.5. The smallest absolute Gasteiger partial charge is 0.254 e. The number of halogens is 1. The SMILES string of the molecule is Cc1nc(CN(C)C(=O)c2ccnc(Cl)c2)cs1. The summed E-state index contributed by atoms with van der Waals surface area (Å²) in [5, 5.41) is 3.27. The van der Waals surface area contributed by atoms with Crippen LogP contribution in [0.25, 0.3) is 0 Å². The fourth-order valence-corrected chi connectivity index (χ4v) is 2.33. The molecule has 0 unspecified atom stereocenters. The van der Waals surface area contributed by atoms with Crippen molar-refractivity contribution in [2.75, 3.05) is 7.05 Å². The van der Waals surface area contributed by atoms with Gasteiger partial charge < -0.3 is 4.90 Å². The lowest BCUT2D eigenvalue weighted by molar-refractivity contribution is 0.0783. The van der Waals surface area contributed by atoms with Crippen molar-refractivity contribution in [3.05, 3.63) is 45.1 Å². The van der Waals surface area contributed by atoms with Crippen LogP contribution in [0.5, 0.6) is 0 Å². The van der Waals surface area contributed by atoms with Gasteiger partial charge in [0.15, 0.2) is 0 Å². The van der Waals surface area contributed by atoms with Gasteiger partial charge in [0.05, 0.1) is 17.2 Å². The highest BCUT2D eigenvalue weighted by Gasteiger charge is 2.13. The van der Waals surface area contributed by atoms with E-state index < -0.39 is 0 Å². The van der Waals surface area contributed by atoms with Crippen LogP contribution in [0, 0.1) is 6.92 Å². The Hall–Kier alpha value is -1.46. The molecule has 0 aliphatic carbocycles. The second-order valence-electron chi connectivity index (χ2n) is 3.89. The molecule has 0 spiro atoms. The summed E-state index contributed by atoms with van der Waals surface area (Å²) in [4.78, 5) is 21.9. The van der Waals surface area contributed by atoms with E-state index in [1.807, 2.05) is 12.3 Å². The van der Waals surface area contributed by atoms with Crippen molar-refractivity contribution in [1.82, 2.24) is 14.9 Å². The molecular weight excluding hydrogens is 270 g/mol. The number of hydrogen-bond acceptors (Lipinski definition) is 4. The lowest BCUT2D eigenvalue weighted by Crippen LogP contribution is -2.26. The maximum atomic E-state index is 12.1. The van der Waals surface area contributed by atoms with E-state index in [9.17, 15) is 4.79 Å². The Labute approximate surface area is 114 Å². The predicted octanol–water partition coefficient (Wildman–Crippen LogP) is 2.77. The average Bonchev–Trinajstić information content (AvgIpc) is 2.73. The monoisotopic (exact) mass is 281 g/mol. The summed E-state index contributed by atoms with van der Waals surface area (Å²) in [5.74, 6) is -0.0926. The number of aromatic nitrogens is 2. The summed E-state index contributed by atoms with van der Waals surface area (Å²) in [6.07, 6.45) is 1.52. The van der Waals surface area contributed by atoms with Gasteiger partial charge in [-0.1, -0.05) is 11.6 Å². The largest absolute Gasteiger partial charge is 0.336 e. The van der Waals surface area contributed by atoms with Crippen LogP contribution in [-0.2, 0) is 6.54 Å². The lowest BCUT2D eigenvalue weighted by Gasteiger charge is -2.15. The molecule has 0 N–H and O–H groups in total. The van der Waals surface area contributed by atoms with Gasteiger partial charge in [0.25, 0.3) is 5.91 Å². The van der Waals surface area contributed by atoms with Gasteiger partial charge in [-0.2, -0.15) is 0 Å². The predicted molar refractivity (Wildman–Crippen MR) is 71.9 cm³/mol. The highest BCUT2D eigenvalue weighted by Crippen LogP contribution is 2.13. The molecule has 0 radical (unpaired) electrons. The third kappa shape index (κ3) is 3.05. The fraction of sp³-hybridized carbons (Fsp3) is 0.250. The molecule has 4 nitrogen and oxygen atoms in total. The third-order valence-corrected chi connectivity index (χ3v) is 3.41. The summed E-state index contributed by atoms with van der Waals surface area (Å²) in [6, 6.07) is 3.21. The van der Waals surface area contributed by atoms with Gasteiger partial charge in [-0.15, -0.1) is 11.3 Å². The van der Waals surface area contributed by atoms with E-state index in [2.05, 4.69) is 9.97 Å². The van der Waals surface area contributed by atoms with Gasteiger partial charge in [-0.3, -0.25) is 4.79 Å². The van der Waals surface area contributed by atoms with E-state index in [0.29, 0.717) is 17.3 Å². The second kappa shape index (κ2) is 5.46. The van der Waals surface area contributed by atoms with Gasteiger partial charge in [0, 0.05) is 24.2 Å². The number of hydrogen-bond donors (Lipinski definition) is 0. The Morgan fingerprint density at radius 3 is 2.94 bits per heavy atom. The molecule has 94 valence electrons. The zero-order valence-electron chi connectivity index (χ0n) is 10.1.